The normalized spacial score (nSPS) is 18.5. The Morgan fingerprint density at radius 2 is 2.00 bits per heavy atom. The standard InChI is InChI=1S/C14H25N3/c1-14(2,3)16-10-12-9-15-13(17-12)11-7-5-4-6-8-11/h9,11,16H,4-8,10H2,1-3H3,(H,15,17). The van der Waals surface area contributed by atoms with Crippen molar-refractivity contribution >= 4 is 0 Å². The highest BCUT2D eigenvalue weighted by atomic mass is 15.0. The Labute approximate surface area is 104 Å². The summed E-state index contributed by atoms with van der Waals surface area (Å²) in [4.78, 5) is 8.03. The molecule has 1 fully saturated rings. The highest BCUT2D eigenvalue weighted by Crippen LogP contribution is 2.30. The third-order valence-electron chi connectivity index (χ3n) is 3.45. The molecule has 17 heavy (non-hydrogen) atoms. The van der Waals surface area contributed by atoms with Gasteiger partial charge in [-0.15, -0.1) is 0 Å². The van der Waals surface area contributed by atoms with Gasteiger partial charge in [-0.2, -0.15) is 0 Å². The zero-order valence-electron chi connectivity index (χ0n) is 11.3. The maximum atomic E-state index is 4.54. The fourth-order valence-corrected chi connectivity index (χ4v) is 2.41. The van der Waals surface area contributed by atoms with Crippen LogP contribution in [0, 0.1) is 0 Å². The monoisotopic (exact) mass is 235 g/mol. The lowest BCUT2D eigenvalue weighted by atomic mass is 9.89. The number of imidazole rings is 1. The van der Waals surface area contributed by atoms with Crippen LogP contribution >= 0.6 is 0 Å². The Bertz CT molecular complexity index is 343. The van der Waals surface area contributed by atoms with Crippen LogP contribution in [0.15, 0.2) is 6.20 Å². The molecule has 0 aliphatic heterocycles. The van der Waals surface area contributed by atoms with Crippen LogP contribution in [0.5, 0.6) is 0 Å². The van der Waals surface area contributed by atoms with Gasteiger partial charge in [0.25, 0.3) is 0 Å². The molecule has 96 valence electrons. The molecule has 2 rings (SSSR count). The third kappa shape index (κ3) is 3.84. The molecule has 0 unspecified atom stereocenters. The van der Waals surface area contributed by atoms with Gasteiger partial charge in [-0.05, 0) is 33.6 Å². The topological polar surface area (TPSA) is 40.7 Å². The fraction of sp³-hybridized carbons (Fsp3) is 0.786. The van der Waals surface area contributed by atoms with E-state index < -0.39 is 0 Å². The van der Waals surface area contributed by atoms with Crippen LogP contribution in [0.4, 0.5) is 0 Å². The Kier molecular flexibility index (Phi) is 3.87. The molecule has 3 nitrogen and oxygen atoms in total. The van der Waals surface area contributed by atoms with Crippen molar-refractivity contribution in [2.45, 2.75) is 70.9 Å². The van der Waals surface area contributed by atoms with Crippen molar-refractivity contribution in [2.75, 3.05) is 0 Å². The minimum absolute atomic E-state index is 0.163. The van der Waals surface area contributed by atoms with Gasteiger partial charge in [0.15, 0.2) is 0 Å². The first-order valence-corrected chi connectivity index (χ1v) is 6.83. The molecule has 1 aliphatic rings. The predicted octanol–water partition coefficient (Wildman–Crippen LogP) is 3.35. The summed E-state index contributed by atoms with van der Waals surface area (Å²) < 4.78 is 0. The van der Waals surface area contributed by atoms with E-state index in [4.69, 9.17) is 0 Å². The zero-order chi connectivity index (χ0) is 12.3. The summed E-state index contributed by atoms with van der Waals surface area (Å²) in [6.07, 6.45) is 8.72. The van der Waals surface area contributed by atoms with E-state index in [9.17, 15) is 0 Å². The maximum absolute atomic E-state index is 4.54. The molecule has 0 radical (unpaired) electrons. The zero-order valence-corrected chi connectivity index (χ0v) is 11.3. The minimum atomic E-state index is 0.163. The summed E-state index contributed by atoms with van der Waals surface area (Å²) in [6.45, 7) is 7.44. The second kappa shape index (κ2) is 5.21. The summed E-state index contributed by atoms with van der Waals surface area (Å²) >= 11 is 0. The van der Waals surface area contributed by atoms with Gasteiger partial charge in [0.1, 0.15) is 5.82 Å². The largest absolute Gasteiger partial charge is 0.345 e. The quantitative estimate of drug-likeness (QED) is 0.843. The van der Waals surface area contributed by atoms with Crippen LogP contribution in [0.2, 0.25) is 0 Å². The van der Waals surface area contributed by atoms with Crippen LogP contribution < -0.4 is 5.32 Å². The molecule has 1 aromatic rings. The van der Waals surface area contributed by atoms with Crippen molar-refractivity contribution in [3.63, 3.8) is 0 Å². The highest BCUT2D eigenvalue weighted by molar-refractivity contribution is 5.06. The number of nitrogens with zero attached hydrogens (tertiary/aromatic N) is 1. The summed E-state index contributed by atoms with van der Waals surface area (Å²) in [5.41, 5.74) is 1.37. The van der Waals surface area contributed by atoms with Gasteiger partial charge in [0.2, 0.25) is 0 Å². The van der Waals surface area contributed by atoms with Crippen LogP contribution in [0.3, 0.4) is 0 Å². The number of hydrogen-bond donors (Lipinski definition) is 2. The third-order valence-corrected chi connectivity index (χ3v) is 3.45. The van der Waals surface area contributed by atoms with Gasteiger partial charge in [-0.1, -0.05) is 19.3 Å². The molecule has 3 heteroatoms. The molecule has 0 spiro atoms. The van der Waals surface area contributed by atoms with E-state index in [0.29, 0.717) is 5.92 Å². The van der Waals surface area contributed by atoms with Gasteiger partial charge in [0.05, 0.1) is 0 Å². The van der Waals surface area contributed by atoms with Crippen molar-refractivity contribution in [1.29, 1.82) is 0 Å². The minimum Gasteiger partial charge on any atom is -0.345 e. The second-order valence-corrected chi connectivity index (χ2v) is 6.23. The fourth-order valence-electron chi connectivity index (χ4n) is 2.41. The van der Waals surface area contributed by atoms with E-state index in [2.05, 4.69) is 36.1 Å². The lowest BCUT2D eigenvalue weighted by Crippen LogP contribution is -2.35. The maximum Gasteiger partial charge on any atom is 0.109 e. The van der Waals surface area contributed by atoms with Crippen LogP contribution in [-0.4, -0.2) is 15.5 Å². The van der Waals surface area contributed by atoms with Crippen LogP contribution in [0.25, 0.3) is 0 Å². The molecule has 1 heterocycles. The van der Waals surface area contributed by atoms with Crippen molar-refractivity contribution in [1.82, 2.24) is 15.3 Å². The Morgan fingerprint density at radius 1 is 1.29 bits per heavy atom. The Hall–Kier alpha value is -0.830. The number of nitrogens with one attached hydrogen (secondary N) is 2. The van der Waals surface area contributed by atoms with E-state index in [1.807, 2.05) is 6.20 Å². The van der Waals surface area contributed by atoms with Crippen molar-refractivity contribution in [3.05, 3.63) is 17.7 Å². The Morgan fingerprint density at radius 3 is 2.65 bits per heavy atom. The van der Waals surface area contributed by atoms with Gasteiger partial charge in [-0.3, -0.25) is 0 Å². The Balaban J connectivity index is 1.91. The van der Waals surface area contributed by atoms with Crippen LogP contribution in [0.1, 0.15) is 70.3 Å². The molecule has 2 N–H and O–H groups in total. The molecule has 0 bridgehead atoms. The number of rotatable bonds is 3. The molecule has 0 saturated heterocycles. The molecule has 0 amide bonds. The van der Waals surface area contributed by atoms with E-state index in [1.165, 1.54) is 43.6 Å². The lowest BCUT2D eigenvalue weighted by molar-refractivity contribution is 0.418. The smallest absolute Gasteiger partial charge is 0.109 e. The predicted molar refractivity (Wildman–Crippen MR) is 71.0 cm³/mol. The second-order valence-electron chi connectivity index (χ2n) is 6.23. The van der Waals surface area contributed by atoms with Gasteiger partial charge in [0, 0.05) is 29.9 Å². The van der Waals surface area contributed by atoms with E-state index in [-0.39, 0.29) is 5.54 Å². The summed E-state index contributed by atoms with van der Waals surface area (Å²) in [5.74, 6) is 1.88. The summed E-state index contributed by atoms with van der Waals surface area (Å²) in [7, 11) is 0. The highest BCUT2D eigenvalue weighted by Gasteiger charge is 2.18. The number of H-pyrrole nitrogens is 1. The molecular weight excluding hydrogens is 210 g/mol. The lowest BCUT2D eigenvalue weighted by Gasteiger charge is -2.20. The van der Waals surface area contributed by atoms with Crippen LogP contribution in [-0.2, 0) is 6.54 Å². The van der Waals surface area contributed by atoms with Crippen molar-refractivity contribution < 1.29 is 0 Å². The molecular formula is C14H25N3. The average Bonchev–Trinajstić information content (AvgIpc) is 2.75. The first-order chi connectivity index (χ1) is 8.04. The number of aromatic nitrogens is 2. The van der Waals surface area contributed by atoms with E-state index in [1.54, 1.807) is 0 Å². The first kappa shape index (κ1) is 12.6. The molecule has 1 saturated carbocycles. The molecule has 1 aromatic heterocycles. The van der Waals surface area contributed by atoms with Crippen molar-refractivity contribution in [2.24, 2.45) is 0 Å². The summed E-state index contributed by atoms with van der Waals surface area (Å²) in [6, 6.07) is 0. The van der Waals surface area contributed by atoms with Gasteiger partial charge in [-0.25, -0.2) is 4.98 Å². The SMILES string of the molecule is CC(C)(C)NCc1cnc(C2CCCCC2)[nH]1. The van der Waals surface area contributed by atoms with E-state index in [0.717, 1.165) is 6.54 Å². The van der Waals surface area contributed by atoms with Crippen molar-refractivity contribution in [3.8, 4) is 0 Å². The number of hydrogen-bond acceptors (Lipinski definition) is 2. The van der Waals surface area contributed by atoms with Gasteiger partial charge < -0.3 is 10.3 Å². The molecule has 1 aliphatic carbocycles. The number of aromatic amines is 1. The molecule has 0 aromatic carbocycles. The van der Waals surface area contributed by atoms with Gasteiger partial charge >= 0.3 is 0 Å². The molecule has 0 atom stereocenters. The summed E-state index contributed by atoms with van der Waals surface area (Å²) in [5, 5.41) is 3.48. The van der Waals surface area contributed by atoms with E-state index >= 15 is 0 Å². The average molecular weight is 235 g/mol. The first-order valence-electron chi connectivity index (χ1n) is 6.83.